The van der Waals surface area contributed by atoms with Crippen LogP contribution in [0.25, 0.3) is 0 Å². The van der Waals surface area contributed by atoms with E-state index in [9.17, 15) is 15.0 Å². The number of aliphatic hydroxyl groups is 1. The third kappa shape index (κ3) is 1.47. The molecule has 0 bridgehead atoms. The average molecular weight is 252 g/mol. The lowest BCUT2D eigenvalue weighted by Crippen LogP contribution is -2.35. The maximum Gasteiger partial charge on any atom is 0.343 e. The zero-order valence-corrected chi connectivity index (χ0v) is 10.8. The molecule has 0 saturated heterocycles. The van der Waals surface area contributed by atoms with Crippen LogP contribution in [-0.2, 0) is 10.3 Å². The number of phenolic OH excluding ortho intramolecular Hbond substituents is 1. The zero-order chi connectivity index (χ0) is 13.7. The number of rotatable bonds is 2. The van der Waals surface area contributed by atoms with Gasteiger partial charge in [0.2, 0.25) is 0 Å². The quantitative estimate of drug-likeness (QED) is 0.780. The highest BCUT2D eigenvalue weighted by Crippen LogP contribution is 2.47. The molecule has 0 aliphatic carbocycles. The smallest absolute Gasteiger partial charge is 0.343 e. The molecule has 1 heterocycles. The molecule has 0 aromatic heterocycles. The number of aromatic hydroxyl groups is 1. The van der Waals surface area contributed by atoms with E-state index in [1.165, 1.54) is 13.2 Å². The summed E-state index contributed by atoms with van der Waals surface area (Å²) in [6, 6.07) is 1.38. The Morgan fingerprint density at radius 1 is 1.50 bits per heavy atom. The molecular formula is C13H16O5. The minimum absolute atomic E-state index is 0.108. The van der Waals surface area contributed by atoms with Gasteiger partial charge in [-0.2, -0.15) is 0 Å². The van der Waals surface area contributed by atoms with Gasteiger partial charge in [0.25, 0.3) is 0 Å². The standard InChI is InChI=1S/C13H16O5/c1-6-9(17-4)5-8(15)10-11(6)13(3,7(2)14)18-12(10)16/h5,7,14-15H,1-4H3/t7-,13+/m1/s1. The predicted octanol–water partition coefficient (Wildman–Crippen LogP) is 1.48. The molecule has 1 aromatic carbocycles. The van der Waals surface area contributed by atoms with E-state index in [1.54, 1.807) is 20.8 Å². The number of phenols is 1. The van der Waals surface area contributed by atoms with Crippen LogP contribution in [-0.4, -0.2) is 29.4 Å². The van der Waals surface area contributed by atoms with Crippen LogP contribution in [0.5, 0.6) is 11.5 Å². The van der Waals surface area contributed by atoms with Crippen LogP contribution in [0.3, 0.4) is 0 Å². The Morgan fingerprint density at radius 2 is 2.11 bits per heavy atom. The number of methoxy groups -OCH3 is 1. The first-order chi connectivity index (χ1) is 8.32. The molecule has 1 aromatic rings. The topological polar surface area (TPSA) is 76.0 Å². The molecule has 0 spiro atoms. The van der Waals surface area contributed by atoms with Gasteiger partial charge in [-0.25, -0.2) is 4.79 Å². The first-order valence-electron chi connectivity index (χ1n) is 5.65. The maximum atomic E-state index is 11.8. The Bertz CT molecular complexity index is 521. The number of esters is 1. The van der Waals surface area contributed by atoms with Gasteiger partial charge in [-0.15, -0.1) is 0 Å². The number of cyclic esters (lactones) is 1. The first-order valence-corrected chi connectivity index (χ1v) is 5.65. The van der Waals surface area contributed by atoms with Crippen molar-refractivity contribution in [3.05, 3.63) is 22.8 Å². The van der Waals surface area contributed by atoms with Crippen molar-refractivity contribution in [2.45, 2.75) is 32.5 Å². The number of fused-ring (bicyclic) bond motifs is 1. The number of carbonyl (C=O) groups excluding carboxylic acids is 1. The second kappa shape index (κ2) is 3.88. The molecule has 0 amide bonds. The molecule has 0 unspecified atom stereocenters. The summed E-state index contributed by atoms with van der Waals surface area (Å²) in [5, 5.41) is 19.7. The van der Waals surface area contributed by atoms with Gasteiger partial charge in [0.1, 0.15) is 17.1 Å². The predicted molar refractivity (Wildman–Crippen MR) is 63.8 cm³/mol. The summed E-state index contributed by atoms with van der Waals surface area (Å²) in [7, 11) is 1.48. The summed E-state index contributed by atoms with van der Waals surface area (Å²) in [5.74, 6) is -0.366. The van der Waals surface area contributed by atoms with Gasteiger partial charge in [0.05, 0.1) is 13.2 Å². The van der Waals surface area contributed by atoms with Crippen LogP contribution in [0.1, 0.15) is 35.3 Å². The number of ether oxygens (including phenoxy) is 2. The molecule has 1 aliphatic rings. The maximum absolute atomic E-state index is 11.8. The summed E-state index contributed by atoms with van der Waals surface area (Å²) < 4.78 is 10.4. The van der Waals surface area contributed by atoms with Crippen molar-refractivity contribution in [3.8, 4) is 11.5 Å². The number of aliphatic hydroxyl groups excluding tert-OH is 1. The average Bonchev–Trinajstić information content (AvgIpc) is 2.57. The van der Waals surface area contributed by atoms with E-state index in [1.807, 2.05) is 0 Å². The molecule has 0 fully saturated rings. The highest BCUT2D eigenvalue weighted by Gasteiger charge is 2.48. The minimum Gasteiger partial charge on any atom is -0.507 e. The second-order valence-corrected chi connectivity index (χ2v) is 4.65. The van der Waals surface area contributed by atoms with Gasteiger partial charge in [0.15, 0.2) is 5.60 Å². The first kappa shape index (κ1) is 12.7. The van der Waals surface area contributed by atoms with Crippen LogP contribution in [0.15, 0.2) is 6.07 Å². The fourth-order valence-electron chi connectivity index (χ4n) is 2.37. The molecule has 0 saturated carbocycles. The normalized spacial score (nSPS) is 23.5. The third-order valence-corrected chi connectivity index (χ3v) is 3.54. The highest BCUT2D eigenvalue weighted by molar-refractivity contribution is 5.98. The molecule has 5 heteroatoms. The van der Waals surface area contributed by atoms with E-state index < -0.39 is 17.7 Å². The van der Waals surface area contributed by atoms with Gasteiger partial charge < -0.3 is 19.7 Å². The molecule has 18 heavy (non-hydrogen) atoms. The van der Waals surface area contributed by atoms with Crippen molar-refractivity contribution < 1.29 is 24.5 Å². The minimum atomic E-state index is -1.16. The summed E-state index contributed by atoms with van der Waals surface area (Å²) in [5.41, 5.74) is 0.110. The van der Waals surface area contributed by atoms with Crippen molar-refractivity contribution in [1.29, 1.82) is 0 Å². The van der Waals surface area contributed by atoms with Crippen molar-refractivity contribution in [2.24, 2.45) is 0 Å². The fraction of sp³-hybridized carbons (Fsp3) is 0.462. The van der Waals surface area contributed by atoms with Gasteiger partial charge in [-0.1, -0.05) is 0 Å². The van der Waals surface area contributed by atoms with Crippen LogP contribution in [0, 0.1) is 6.92 Å². The molecule has 0 radical (unpaired) electrons. The lowest BCUT2D eigenvalue weighted by molar-refractivity contribution is -0.0659. The highest BCUT2D eigenvalue weighted by atomic mass is 16.6. The van der Waals surface area contributed by atoms with Crippen LogP contribution < -0.4 is 4.74 Å². The molecule has 2 rings (SSSR count). The van der Waals surface area contributed by atoms with E-state index in [-0.39, 0.29) is 11.3 Å². The molecule has 1 aliphatic heterocycles. The van der Waals surface area contributed by atoms with E-state index in [2.05, 4.69) is 0 Å². The van der Waals surface area contributed by atoms with E-state index >= 15 is 0 Å². The fourth-order valence-corrected chi connectivity index (χ4v) is 2.37. The second-order valence-electron chi connectivity index (χ2n) is 4.65. The molecule has 5 nitrogen and oxygen atoms in total. The summed E-state index contributed by atoms with van der Waals surface area (Å²) >= 11 is 0. The van der Waals surface area contributed by atoms with Crippen LogP contribution in [0.2, 0.25) is 0 Å². The molecular weight excluding hydrogens is 236 g/mol. The van der Waals surface area contributed by atoms with Crippen LogP contribution in [0.4, 0.5) is 0 Å². The SMILES string of the molecule is COc1cc(O)c2c(c1C)[C@](C)([C@@H](C)O)OC2=O. The van der Waals surface area contributed by atoms with E-state index in [0.717, 1.165) is 0 Å². The number of hydrogen-bond acceptors (Lipinski definition) is 5. The molecule has 2 N–H and O–H groups in total. The van der Waals surface area contributed by atoms with Gasteiger partial charge in [-0.3, -0.25) is 0 Å². The summed E-state index contributed by atoms with van der Waals surface area (Å²) in [4.78, 5) is 11.8. The third-order valence-electron chi connectivity index (χ3n) is 3.54. The Kier molecular flexibility index (Phi) is 2.74. The zero-order valence-electron chi connectivity index (χ0n) is 10.8. The van der Waals surface area contributed by atoms with Gasteiger partial charge >= 0.3 is 5.97 Å². The lowest BCUT2D eigenvalue weighted by Gasteiger charge is -2.28. The Hall–Kier alpha value is -1.75. The van der Waals surface area contributed by atoms with Gasteiger partial charge in [-0.05, 0) is 26.3 Å². The number of carbonyl (C=O) groups is 1. The number of hydrogen-bond donors (Lipinski definition) is 2. The Balaban J connectivity index is 2.80. The van der Waals surface area contributed by atoms with Crippen molar-refractivity contribution >= 4 is 5.97 Å². The summed E-state index contributed by atoms with van der Waals surface area (Å²) in [6.45, 7) is 4.92. The Morgan fingerprint density at radius 3 is 2.61 bits per heavy atom. The molecule has 2 atom stereocenters. The summed E-state index contributed by atoms with van der Waals surface area (Å²) in [6.07, 6.45) is -0.895. The number of benzene rings is 1. The van der Waals surface area contributed by atoms with Crippen molar-refractivity contribution in [2.75, 3.05) is 7.11 Å². The Labute approximate surface area is 105 Å². The largest absolute Gasteiger partial charge is 0.507 e. The van der Waals surface area contributed by atoms with E-state index in [4.69, 9.17) is 9.47 Å². The van der Waals surface area contributed by atoms with Crippen molar-refractivity contribution in [3.63, 3.8) is 0 Å². The van der Waals surface area contributed by atoms with Crippen molar-refractivity contribution in [1.82, 2.24) is 0 Å². The van der Waals surface area contributed by atoms with Crippen LogP contribution >= 0.6 is 0 Å². The molecule has 98 valence electrons. The van der Waals surface area contributed by atoms with Gasteiger partial charge in [0, 0.05) is 11.6 Å². The van der Waals surface area contributed by atoms with E-state index in [0.29, 0.717) is 16.9 Å². The monoisotopic (exact) mass is 252 g/mol. The lowest BCUT2D eigenvalue weighted by atomic mass is 9.85.